The Morgan fingerprint density at radius 2 is 1.78 bits per heavy atom. The minimum Gasteiger partial charge on any atom is -0.508 e. The van der Waals surface area contributed by atoms with E-state index in [-0.39, 0.29) is 0 Å². The van der Waals surface area contributed by atoms with Gasteiger partial charge in [0.25, 0.3) is 0 Å². The first-order chi connectivity index (χ1) is 11.2. The van der Waals surface area contributed by atoms with Gasteiger partial charge in [0.1, 0.15) is 5.75 Å². The van der Waals surface area contributed by atoms with Crippen LogP contribution < -0.4 is 10.2 Å². The molecule has 3 fully saturated rings. The Morgan fingerprint density at radius 3 is 2.39 bits per heavy atom. The van der Waals surface area contributed by atoms with Gasteiger partial charge >= 0.3 is 0 Å². The Balaban J connectivity index is 1.29. The molecular weight excluding hydrogens is 306 g/mol. The van der Waals surface area contributed by atoms with Crippen LogP contribution in [0.1, 0.15) is 25.7 Å². The van der Waals surface area contributed by atoms with Crippen molar-refractivity contribution in [1.82, 2.24) is 10.2 Å². The monoisotopic (exact) mass is 331 g/mol. The summed E-state index contributed by atoms with van der Waals surface area (Å²) < 4.78 is 0. The van der Waals surface area contributed by atoms with Gasteiger partial charge in [-0.15, -0.1) is 0 Å². The minimum absolute atomic E-state index is 0.323. The summed E-state index contributed by atoms with van der Waals surface area (Å²) in [4.78, 5) is 4.67. The number of piperazine rings is 1. The first-order valence-electron chi connectivity index (χ1n) is 8.78. The standard InChI is InChI=1S/C18H25N3OS/c22-16-5-3-15(4-6-16)20-7-9-21(10-8-20)18(23)19-17-12-13-1-2-14(17)11-13/h3-6,13-14,17,22H,1-2,7-12H2,(H,19,23)/t13-,14-,17+/m0/s1. The average molecular weight is 331 g/mol. The molecule has 0 aromatic heterocycles. The molecule has 1 saturated heterocycles. The topological polar surface area (TPSA) is 38.7 Å². The summed E-state index contributed by atoms with van der Waals surface area (Å²) in [7, 11) is 0. The number of phenols is 1. The van der Waals surface area contributed by atoms with Gasteiger partial charge < -0.3 is 20.2 Å². The lowest BCUT2D eigenvalue weighted by Crippen LogP contribution is -2.54. The third-order valence-electron chi connectivity index (χ3n) is 5.83. The second-order valence-electron chi connectivity index (χ2n) is 7.22. The summed E-state index contributed by atoms with van der Waals surface area (Å²) in [6.45, 7) is 3.88. The second-order valence-corrected chi connectivity index (χ2v) is 7.61. The van der Waals surface area contributed by atoms with Crippen LogP contribution in [-0.2, 0) is 0 Å². The van der Waals surface area contributed by atoms with E-state index in [2.05, 4.69) is 15.1 Å². The van der Waals surface area contributed by atoms with Crippen LogP contribution in [0.15, 0.2) is 24.3 Å². The first-order valence-corrected chi connectivity index (χ1v) is 9.19. The maximum absolute atomic E-state index is 9.40. The predicted octanol–water partition coefficient (Wildman–Crippen LogP) is 2.58. The van der Waals surface area contributed by atoms with Crippen molar-refractivity contribution in [2.45, 2.75) is 31.7 Å². The molecule has 1 heterocycles. The molecule has 2 bridgehead atoms. The van der Waals surface area contributed by atoms with Gasteiger partial charge in [-0.1, -0.05) is 6.42 Å². The van der Waals surface area contributed by atoms with E-state index in [0.29, 0.717) is 11.8 Å². The highest BCUT2D eigenvalue weighted by molar-refractivity contribution is 7.80. The van der Waals surface area contributed by atoms with Crippen molar-refractivity contribution in [1.29, 1.82) is 0 Å². The predicted molar refractivity (Wildman–Crippen MR) is 96.9 cm³/mol. The smallest absolute Gasteiger partial charge is 0.169 e. The molecule has 0 spiro atoms. The van der Waals surface area contributed by atoms with Gasteiger partial charge in [-0.2, -0.15) is 0 Å². The Bertz CT molecular complexity index is 568. The Kier molecular flexibility index (Phi) is 4.05. The first kappa shape index (κ1) is 15.1. The van der Waals surface area contributed by atoms with E-state index in [9.17, 15) is 5.11 Å². The highest BCUT2D eigenvalue weighted by Gasteiger charge is 2.40. The number of benzene rings is 1. The molecule has 0 amide bonds. The lowest BCUT2D eigenvalue weighted by Gasteiger charge is -2.38. The molecule has 2 aliphatic carbocycles. The van der Waals surface area contributed by atoms with E-state index < -0.39 is 0 Å². The van der Waals surface area contributed by atoms with Gasteiger partial charge in [-0.05, 0) is 67.6 Å². The molecule has 23 heavy (non-hydrogen) atoms. The van der Waals surface area contributed by atoms with Crippen molar-refractivity contribution in [3.8, 4) is 5.75 Å². The highest BCUT2D eigenvalue weighted by Crippen LogP contribution is 2.44. The number of thiocarbonyl (C=S) groups is 1. The number of hydrogen-bond acceptors (Lipinski definition) is 3. The van der Waals surface area contributed by atoms with E-state index in [1.54, 1.807) is 12.1 Å². The summed E-state index contributed by atoms with van der Waals surface area (Å²) >= 11 is 5.66. The molecule has 4 rings (SSSR count). The van der Waals surface area contributed by atoms with Crippen LogP contribution in [0.3, 0.4) is 0 Å². The Hall–Kier alpha value is -1.49. The van der Waals surface area contributed by atoms with E-state index >= 15 is 0 Å². The molecule has 2 N–H and O–H groups in total. The SMILES string of the molecule is Oc1ccc(N2CCN(C(=S)N[C@@H]3C[C@H]4CC[C@H]3C4)CC2)cc1. The number of rotatable bonds is 2. The fraction of sp³-hybridized carbons (Fsp3) is 0.611. The molecule has 124 valence electrons. The number of fused-ring (bicyclic) bond motifs is 2. The fourth-order valence-corrected chi connectivity index (χ4v) is 4.84. The van der Waals surface area contributed by atoms with Crippen LogP contribution in [0.5, 0.6) is 5.75 Å². The zero-order chi connectivity index (χ0) is 15.8. The van der Waals surface area contributed by atoms with Crippen molar-refractivity contribution in [3.63, 3.8) is 0 Å². The molecule has 3 atom stereocenters. The van der Waals surface area contributed by atoms with Gasteiger partial charge in [-0.25, -0.2) is 0 Å². The van der Waals surface area contributed by atoms with Crippen molar-refractivity contribution in [2.24, 2.45) is 11.8 Å². The highest BCUT2D eigenvalue weighted by atomic mass is 32.1. The minimum atomic E-state index is 0.323. The van der Waals surface area contributed by atoms with Crippen molar-refractivity contribution < 1.29 is 5.11 Å². The van der Waals surface area contributed by atoms with Crippen molar-refractivity contribution in [2.75, 3.05) is 31.1 Å². The molecule has 5 heteroatoms. The molecule has 1 aliphatic heterocycles. The zero-order valence-electron chi connectivity index (χ0n) is 13.4. The summed E-state index contributed by atoms with van der Waals surface area (Å²) in [5.74, 6) is 2.13. The van der Waals surface area contributed by atoms with Gasteiger partial charge in [-0.3, -0.25) is 0 Å². The fourth-order valence-electron chi connectivity index (χ4n) is 4.50. The number of anilines is 1. The molecule has 2 saturated carbocycles. The summed E-state index contributed by atoms with van der Waals surface area (Å²) in [5, 5.41) is 14.0. The second kappa shape index (κ2) is 6.19. The Labute approximate surface area is 143 Å². The van der Waals surface area contributed by atoms with Crippen LogP contribution in [0.4, 0.5) is 5.69 Å². The van der Waals surface area contributed by atoms with Gasteiger partial charge in [0.15, 0.2) is 5.11 Å². The molecule has 3 aliphatic rings. The lowest BCUT2D eigenvalue weighted by atomic mass is 9.95. The van der Waals surface area contributed by atoms with Gasteiger partial charge in [0.05, 0.1) is 0 Å². The molecular formula is C18H25N3OS. The van der Waals surface area contributed by atoms with Crippen LogP contribution in [0.2, 0.25) is 0 Å². The van der Waals surface area contributed by atoms with E-state index in [1.165, 1.54) is 31.4 Å². The molecule has 1 aromatic rings. The van der Waals surface area contributed by atoms with E-state index in [4.69, 9.17) is 12.2 Å². The quantitative estimate of drug-likeness (QED) is 0.815. The number of phenolic OH excluding ortho intramolecular Hbond substituents is 1. The summed E-state index contributed by atoms with van der Waals surface area (Å²) in [6, 6.07) is 8.09. The van der Waals surface area contributed by atoms with Gasteiger partial charge in [0.2, 0.25) is 0 Å². The number of aromatic hydroxyl groups is 1. The maximum atomic E-state index is 9.40. The maximum Gasteiger partial charge on any atom is 0.169 e. The molecule has 0 radical (unpaired) electrons. The van der Waals surface area contributed by atoms with Gasteiger partial charge in [0, 0.05) is 37.9 Å². The number of nitrogens with zero attached hydrogens (tertiary/aromatic N) is 2. The average Bonchev–Trinajstić information content (AvgIpc) is 3.18. The third kappa shape index (κ3) is 3.11. The Morgan fingerprint density at radius 1 is 1.04 bits per heavy atom. The van der Waals surface area contributed by atoms with Crippen LogP contribution in [0.25, 0.3) is 0 Å². The molecule has 4 nitrogen and oxygen atoms in total. The third-order valence-corrected chi connectivity index (χ3v) is 6.20. The van der Waals surface area contributed by atoms with E-state index in [0.717, 1.165) is 43.1 Å². The molecule has 0 unspecified atom stereocenters. The normalized spacial score (nSPS) is 29.8. The number of nitrogens with one attached hydrogen (secondary N) is 1. The molecule has 1 aromatic carbocycles. The van der Waals surface area contributed by atoms with Crippen LogP contribution in [0, 0.1) is 11.8 Å². The summed E-state index contributed by atoms with van der Waals surface area (Å²) in [6.07, 6.45) is 5.55. The zero-order valence-corrected chi connectivity index (χ0v) is 14.3. The van der Waals surface area contributed by atoms with Crippen LogP contribution in [-0.4, -0.2) is 47.3 Å². The van der Waals surface area contributed by atoms with Crippen LogP contribution >= 0.6 is 12.2 Å². The lowest BCUT2D eigenvalue weighted by molar-refractivity contribution is 0.345. The summed E-state index contributed by atoms with van der Waals surface area (Å²) in [5.41, 5.74) is 1.18. The number of hydrogen-bond donors (Lipinski definition) is 2. The van der Waals surface area contributed by atoms with Crippen molar-refractivity contribution >= 4 is 23.0 Å². The largest absolute Gasteiger partial charge is 0.508 e. The van der Waals surface area contributed by atoms with Crippen molar-refractivity contribution in [3.05, 3.63) is 24.3 Å². The van der Waals surface area contributed by atoms with E-state index in [1.807, 2.05) is 12.1 Å².